The maximum Gasteiger partial charge on any atom is 0.130 e. The molecule has 2 heteroatoms. The van der Waals surface area contributed by atoms with E-state index in [1.165, 1.54) is 12.1 Å². The van der Waals surface area contributed by atoms with Crippen molar-refractivity contribution in [2.45, 2.75) is 26.0 Å². The maximum atomic E-state index is 5.69. The average Bonchev–Trinajstić information content (AvgIpc) is 2.68. The number of anilines is 1. The van der Waals surface area contributed by atoms with Crippen LogP contribution in [0.15, 0.2) is 30.3 Å². The Morgan fingerprint density at radius 1 is 1.36 bits per heavy atom. The van der Waals surface area contributed by atoms with Crippen molar-refractivity contribution in [3.63, 3.8) is 0 Å². The first-order valence-corrected chi connectivity index (χ1v) is 5.35. The van der Waals surface area contributed by atoms with Crippen LogP contribution in [-0.2, 0) is 4.74 Å². The van der Waals surface area contributed by atoms with Crippen LogP contribution in [0.25, 0.3) is 0 Å². The standard InChI is InChI=1S/C12H17NO/c1-2-6-12-13(9-10-14-12)11-7-4-3-5-8-11/h3-5,7-8,12H,2,6,9-10H2,1H3. The molecule has 2 rings (SSSR count). The third kappa shape index (κ3) is 1.90. The second-order valence-corrected chi connectivity index (χ2v) is 3.64. The average molecular weight is 191 g/mol. The van der Waals surface area contributed by atoms with Gasteiger partial charge >= 0.3 is 0 Å². The number of rotatable bonds is 3. The van der Waals surface area contributed by atoms with Gasteiger partial charge in [0.2, 0.25) is 0 Å². The van der Waals surface area contributed by atoms with Gasteiger partial charge < -0.3 is 9.64 Å². The second-order valence-electron chi connectivity index (χ2n) is 3.64. The highest BCUT2D eigenvalue weighted by molar-refractivity contribution is 5.47. The summed E-state index contributed by atoms with van der Waals surface area (Å²) in [4.78, 5) is 2.35. The lowest BCUT2D eigenvalue weighted by Crippen LogP contribution is -2.29. The van der Waals surface area contributed by atoms with E-state index in [0.717, 1.165) is 19.6 Å². The van der Waals surface area contributed by atoms with Gasteiger partial charge in [0.15, 0.2) is 0 Å². The van der Waals surface area contributed by atoms with Crippen LogP contribution in [0.4, 0.5) is 5.69 Å². The third-order valence-corrected chi connectivity index (χ3v) is 2.61. The number of para-hydroxylation sites is 1. The van der Waals surface area contributed by atoms with Gasteiger partial charge in [-0.05, 0) is 18.6 Å². The molecule has 0 aliphatic carbocycles. The minimum atomic E-state index is 0.294. The van der Waals surface area contributed by atoms with Gasteiger partial charge in [0.05, 0.1) is 6.61 Å². The van der Waals surface area contributed by atoms with Gasteiger partial charge in [-0.25, -0.2) is 0 Å². The zero-order valence-electron chi connectivity index (χ0n) is 8.65. The molecule has 0 spiro atoms. The number of ether oxygens (including phenoxy) is 1. The van der Waals surface area contributed by atoms with Gasteiger partial charge in [0, 0.05) is 12.2 Å². The van der Waals surface area contributed by atoms with Crippen molar-refractivity contribution in [1.82, 2.24) is 0 Å². The Morgan fingerprint density at radius 3 is 2.86 bits per heavy atom. The molecule has 1 aromatic rings. The lowest BCUT2D eigenvalue weighted by Gasteiger charge is -2.24. The van der Waals surface area contributed by atoms with Crippen LogP contribution in [0.3, 0.4) is 0 Å². The van der Waals surface area contributed by atoms with Crippen LogP contribution in [0.5, 0.6) is 0 Å². The molecular formula is C12H17NO. The van der Waals surface area contributed by atoms with Crippen molar-refractivity contribution < 1.29 is 4.74 Å². The van der Waals surface area contributed by atoms with Crippen molar-refractivity contribution in [3.8, 4) is 0 Å². The summed E-state index contributed by atoms with van der Waals surface area (Å²) in [6.07, 6.45) is 2.59. The molecular weight excluding hydrogens is 174 g/mol. The molecule has 1 saturated heterocycles. The molecule has 0 radical (unpaired) electrons. The van der Waals surface area contributed by atoms with Gasteiger partial charge in [-0.1, -0.05) is 31.5 Å². The zero-order chi connectivity index (χ0) is 9.80. The highest BCUT2D eigenvalue weighted by Crippen LogP contribution is 2.23. The summed E-state index contributed by atoms with van der Waals surface area (Å²) < 4.78 is 5.69. The predicted octanol–water partition coefficient (Wildman–Crippen LogP) is 2.65. The molecule has 0 N–H and O–H groups in total. The van der Waals surface area contributed by atoms with E-state index in [4.69, 9.17) is 4.74 Å². The Hall–Kier alpha value is -1.02. The van der Waals surface area contributed by atoms with Crippen LogP contribution in [0.2, 0.25) is 0 Å². The molecule has 1 atom stereocenters. The first-order valence-electron chi connectivity index (χ1n) is 5.35. The SMILES string of the molecule is CCCC1OCCN1c1ccccc1. The summed E-state index contributed by atoms with van der Waals surface area (Å²) in [5, 5.41) is 0. The van der Waals surface area contributed by atoms with E-state index in [9.17, 15) is 0 Å². The number of hydrogen-bond acceptors (Lipinski definition) is 2. The van der Waals surface area contributed by atoms with E-state index in [1.54, 1.807) is 0 Å². The minimum absolute atomic E-state index is 0.294. The third-order valence-electron chi connectivity index (χ3n) is 2.61. The molecule has 1 heterocycles. The van der Waals surface area contributed by atoms with Crippen LogP contribution in [-0.4, -0.2) is 19.4 Å². The smallest absolute Gasteiger partial charge is 0.130 e. The van der Waals surface area contributed by atoms with Gasteiger partial charge in [-0.3, -0.25) is 0 Å². The van der Waals surface area contributed by atoms with Crippen molar-refractivity contribution in [2.75, 3.05) is 18.1 Å². The van der Waals surface area contributed by atoms with E-state index >= 15 is 0 Å². The van der Waals surface area contributed by atoms with E-state index in [-0.39, 0.29) is 0 Å². The van der Waals surface area contributed by atoms with E-state index in [0.29, 0.717) is 6.23 Å². The fourth-order valence-electron chi connectivity index (χ4n) is 1.92. The summed E-state index contributed by atoms with van der Waals surface area (Å²) >= 11 is 0. The molecule has 1 aliphatic rings. The van der Waals surface area contributed by atoms with E-state index in [1.807, 2.05) is 0 Å². The minimum Gasteiger partial charge on any atom is -0.357 e. The summed E-state index contributed by atoms with van der Waals surface area (Å²) in [5.41, 5.74) is 1.28. The monoisotopic (exact) mass is 191 g/mol. The van der Waals surface area contributed by atoms with Crippen molar-refractivity contribution >= 4 is 5.69 Å². The predicted molar refractivity (Wildman–Crippen MR) is 58.4 cm³/mol. The fraction of sp³-hybridized carbons (Fsp3) is 0.500. The molecule has 0 saturated carbocycles. The topological polar surface area (TPSA) is 12.5 Å². The quantitative estimate of drug-likeness (QED) is 0.728. The van der Waals surface area contributed by atoms with Crippen LogP contribution in [0, 0.1) is 0 Å². The van der Waals surface area contributed by atoms with Crippen LogP contribution < -0.4 is 4.90 Å². The van der Waals surface area contributed by atoms with E-state index in [2.05, 4.69) is 42.2 Å². The second kappa shape index (κ2) is 4.47. The lowest BCUT2D eigenvalue weighted by atomic mass is 10.2. The number of nitrogens with zero attached hydrogens (tertiary/aromatic N) is 1. The normalized spacial score (nSPS) is 21.5. The Bertz CT molecular complexity index is 273. The van der Waals surface area contributed by atoms with Crippen molar-refractivity contribution in [3.05, 3.63) is 30.3 Å². The Labute approximate surface area is 85.5 Å². The molecule has 1 unspecified atom stereocenters. The number of benzene rings is 1. The molecule has 76 valence electrons. The van der Waals surface area contributed by atoms with Crippen molar-refractivity contribution in [2.24, 2.45) is 0 Å². The largest absolute Gasteiger partial charge is 0.357 e. The summed E-state index contributed by atoms with van der Waals surface area (Å²) in [5.74, 6) is 0. The summed E-state index contributed by atoms with van der Waals surface area (Å²) in [7, 11) is 0. The van der Waals surface area contributed by atoms with Gasteiger partial charge in [-0.15, -0.1) is 0 Å². The van der Waals surface area contributed by atoms with Crippen LogP contribution in [0.1, 0.15) is 19.8 Å². The van der Waals surface area contributed by atoms with Gasteiger partial charge in [-0.2, -0.15) is 0 Å². The summed E-state index contributed by atoms with van der Waals surface area (Å²) in [6.45, 7) is 4.08. The highest BCUT2D eigenvalue weighted by atomic mass is 16.5. The van der Waals surface area contributed by atoms with Gasteiger partial charge in [0.25, 0.3) is 0 Å². The van der Waals surface area contributed by atoms with Crippen LogP contribution >= 0.6 is 0 Å². The fourth-order valence-corrected chi connectivity index (χ4v) is 1.92. The Balaban J connectivity index is 2.10. The molecule has 1 fully saturated rings. The molecule has 14 heavy (non-hydrogen) atoms. The summed E-state index contributed by atoms with van der Waals surface area (Å²) in [6, 6.07) is 10.5. The lowest BCUT2D eigenvalue weighted by molar-refractivity contribution is 0.105. The molecule has 1 aliphatic heterocycles. The molecule has 0 bridgehead atoms. The molecule has 1 aromatic carbocycles. The van der Waals surface area contributed by atoms with Gasteiger partial charge in [0.1, 0.15) is 6.23 Å². The van der Waals surface area contributed by atoms with E-state index < -0.39 is 0 Å². The number of hydrogen-bond donors (Lipinski definition) is 0. The highest BCUT2D eigenvalue weighted by Gasteiger charge is 2.23. The maximum absolute atomic E-state index is 5.69. The van der Waals surface area contributed by atoms with Crippen molar-refractivity contribution in [1.29, 1.82) is 0 Å². The zero-order valence-corrected chi connectivity index (χ0v) is 8.65. The molecule has 0 amide bonds. The first-order chi connectivity index (χ1) is 6.92. The molecule has 2 nitrogen and oxygen atoms in total. The Morgan fingerprint density at radius 2 is 2.14 bits per heavy atom. The Kier molecular flexibility index (Phi) is 3.04. The first kappa shape index (κ1) is 9.53. The molecule has 0 aromatic heterocycles.